The van der Waals surface area contributed by atoms with Gasteiger partial charge in [-0.1, -0.05) is 109 Å². The van der Waals surface area contributed by atoms with Gasteiger partial charge in [0.25, 0.3) is 0 Å². The zero-order valence-corrected chi connectivity index (χ0v) is 27.5. The Hall–Kier alpha value is -6.15. The molecule has 4 atom stereocenters. The number of nitrogens with zero attached hydrogens (tertiary/aromatic N) is 1. The highest BCUT2D eigenvalue weighted by Gasteiger charge is 2.71. The molecule has 50 heavy (non-hydrogen) atoms. The summed E-state index contributed by atoms with van der Waals surface area (Å²) in [7, 11) is 3.02. The molecule has 0 aliphatic carbocycles. The third-order valence-electron chi connectivity index (χ3n) is 10.2. The van der Waals surface area contributed by atoms with Gasteiger partial charge in [-0.25, -0.2) is 4.79 Å². The summed E-state index contributed by atoms with van der Waals surface area (Å²) >= 11 is 0. The number of ketones is 1. The fourth-order valence-electron chi connectivity index (χ4n) is 8.03. The first-order chi connectivity index (χ1) is 24.5. The molecule has 8 nitrogen and oxygen atoms in total. The molecule has 5 aromatic rings. The van der Waals surface area contributed by atoms with E-state index in [0.717, 1.165) is 22.4 Å². The van der Waals surface area contributed by atoms with Crippen LogP contribution in [0.1, 0.15) is 38.7 Å². The highest BCUT2D eigenvalue weighted by molar-refractivity contribution is 6.16. The van der Waals surface area contributed by atoms with E-state index in [1.165, 1.54) is 14.2 Å². The van der Waals surface area contributed by atoms with Gasteiger partial charge < -0.3 is 24.4 Å². The monoisotopic (exact) mass is 662 g/mol. The van der Waals surface area contributed by atoms with E-state index in [0.29, 0.717) is 22.7 Å². The van der Waals surface area contributed by atoms with Gasteiger partial charge in [0, 0.05) is 16.9 Å². The molecule has 1 saturated heterocycles. The Balaban J connectivity index is 1.36. The number of fused-ring (bicyclic) bond motifs is 6. The number of anilines is 2. The number of ether oxygens (including phenoxy) is 3. The van der Waals surface area contributed by atoms with E-state index in [9.17, 15) is 4.79 Å². The summed E-state index contributed by atoms with van der Waals surface area (Å²) < 4.78 is 17.6. The van der Waals surface area contributed by atoms with Gasteiger partial charge in [-0.2, -0.15) is 0 Å². The third kappa shape index (κ3) is 4.70. The number of hydrogen-bond donors (Lipinski definition) is 1. The number of rotatable bonds is 8. The lowest BCUT2D eigenvalue weighted by molar-refractivity contribution is -0.150. The maximum atomic E-state index is 15.3. The molecule has 1 amide bonds. The van der Waals surface area contributed by atoms with Crippen LogP contribution in [0.25, 0.3) is 6.08 Å². The Bertz CT molecular complexity index is 2110. The molecule has 1 spiro atoms. The molecular weight excluding hydrogens is 628 g/mol. The maximum absolute atomic E-state index is 15.3. The van der Waals surface area contributed by atoms with Crippen molar-refractivity contribution in [2.45, 2.75) is 23.6 Å². The van der Waals surface area contributed by atoms with Crippen LogP contribution in [0.3, 0.4) is 0 Å². The van der Waals surface area contributed by atoms with E-state index >= 15 is 9.59 Å². The minimum atomic E-state index is -1.48. The van der Waals surface area contributed by atoms with Crippen LogP contribution in [0, 0.1) is 5.92 Å². The van der Waals surface area contributed by atoms with Gasteiger partial charge in [0.15, 0.2) is 23.4 Å². The summed E-state index contributed by atoms with van der Waals surface area (Å²) in [6.07, 6.45) is 3.14. The average molecular weight is 663 g/mol. The standard InChI is InChI=1S/C42H34N2O6/c1-48-33-23-21-29(25-34(33)49-2)38(45)36-37(40(46)50-39(27-14-5-3-6-15-27)28-16-7-4-8-17-28)44-32-20-12-9-13-26(32)22-24-35(44)42(36)30-18-10-11-19-31(30)43-41(42)47/h3-25,35-37,39H,1-2H3,(H,43,47)/t35-,36-,37+,42-/m0/s1. The third-order valence-corrected chi connectivity index (χ3v) is 10.2. The van der Waals surface area contributed by atoms with Crippen molar-refractivity contribution in [3.8, 4) is 11.5 Å². The molecule has 3 aliphatic heterocycles. The first kappa shape index (κ1) is 31.1. The van der Waals surface area contributed by atoms with E-state index in [1.807, 2.05) is 126 Å². The molecule has 3 aliphatic rings. The number of methoxy groups -OCH3 is 2. The van der Waals surface area contributed by atoms with E-state index < -0.39 is 41.3 Å². The summed E-state index contributed by atoms with van der Waals surface area (Å²) in [6, 6.07) is 37.2. The van der Waals surface area contributed by atoms with E-state index in [1.54, 1.807) is 18.2 Å². The fraction of sp³-hybridized carbons (Fsp3) is 0.167. The van der Waals surface area contributed by atoms with Crippen LogP contribution in [0.2, 0.25) is 0 Å². The van der Waals surface area contributed by atoms with E-state index in [2.05, 4.69) is 5.32 Å². The lowest BCUT2D eigenvalue weighted by Gasteiger charge is -2.37. The highest BCUT2D eigenvalue weighted by atomic mass is 16.5. The number of hydrogen-bond acceptors (Lipinski definition) is 7. The molecule has 1 fully saturated rings. The second kappa shape index (κ2) is 12.4. The molecule has 0 radical (unpaired) electrons. The Morgan fingerprint density at radius 3 is 2.10 bits per heavy atom. The molecule has 3 heterocycles. The molecular formula is C42H34N2O6. The molecule has 5 aromatic carbocycles. The molecule has 0 aromatic heterocycles. The Morgan fingerprint density at radius 2 is 1.40 bits per heavy atom. The molecule has 1 N–H and O–H groups in total. The normalized spacial score (nSPS) is 21.3. The number of amides is 1. The van der Waals surface area contributed by atoms with Crippen molar-refractivity contribution in [1.82, 2.24) is 0 Å². The van der Waals surface area contributed by atoms with Crippen molar-refractivity contribution in [1.29, 1.82) is 0 Å². The van der Waals surface area contributed by atoms with E-state index in [4.69, 9.17) is 14.2 Å². The summed E-state index contributed by atoms with van der Waals surface area (Å²) in [5.41, 5.74) is 3.22. The maximum Gasteiger partial charge on any atom is 0.330 e. The Kier molecular flexibility index (Phi) is 7.71. The predicted molar refractivity (Wildman–Crippen MR) is 190 cm³/mol. The second-order valence-electron chi connectivity index (χ2n) is 12.6. The van der Waals surface area contributed by atoms with Crippen LogP contribution in [0.5, 0.6) is 11.5 Å². The molecule has 0 saturated carbocycles. The molecule has 0 unspecified atom stereocenters. The lowest BCUT2D eigenvalue weighted by atomic mass is 9.64. The second-order valence-corrected chi connectivity index (χ2v) is 12.6. The van der Waals surface area contributed by atoms with Gasteiger partial charge in [0.05, 0.1) is 26.2 Å². The van der Waals surface area contributed by atoms with Crippen molar-refractivity contribution in [3.05, 3.63) is 161 Å². The largest absolute Gasteiger partial charge is 0.493 e. The summed E-state index contributed by atoms with van der Waals surface area (Å²) in [6.45, 7) is 0. The van der Waals surface area contributed by atoms with Gasteiger partial charge in [-0.3, -0.25) is 9.59 Å². The zero-order valence-electron chi connectivity index (χ0n) is 27.5. The van der Waals surface area contributed by atoms with Crippen LogP contribution in [0.15, 0.2) is 133 Å². The minimum absolute atomic E-state index is 0.279. The number of esters is 1. The number of benzene rings is 5. The van der Waals surface area contributed by atoms with Crippen molar-refractivity contribution in [2.24, 2.45) is 5.92 Å². The van der Waals surface area contributed by atoms with Gasteiger partial charge >= 0.3 is 5.97 Å². The molecule has 8 heteroatoms. The quantitative estimate of drug-likeness (QED) is 0.141. The Labute approximate surface area is 289 Å². The van der Waals surface area contributed by atoms with Crippen molar-refractivity contribution in [3.63, 3.8) is 0 Å². The number of nitrogens with one attached hydrogen (secondary N) is 1. The number of carbonyl (C=O) groups excluding carboxylic acids is 3. The SMILES string of the molecule is COc1ccc(C(=O)[C@@H]2[C@H](C(=O)OC(c3ccccc3)c3ccccc3)N3c4ccccc4C=C[C@H]3[C@]23C(=O)Nc2ccccc23)cc1OC. The van der Waals surface area contributed by atoms with Crippen LogP contribution < -0.4 is 19.7 Å². The van der Waals surface area contributed by atoms with Crippen LogP contribution in [-0.4, -0.2) is 44.0 Å². The van der Waals surface area contributed by atoms with Crippen molar-refractivity contribution in [2.75, 3.05) is 24.4 Å². The van der Waals surface area contributed by atoms with Crippen molar-refractivity contribution < 1.29 is 28.6 Å². The topological polar surface area (TPSA) is 94.2 Å². The summed E-state index contributed by atoms with van der Waals surface area (Å²) in [5, 5.41) is 3.07. The average Bonchev–Trinajstić information content (AvgIpc) is 3.65. The Morgan fingerprint density at radius 1 is 0.760 bits per heavy atom. The van der Waals surface area contributed by atoms with Gasteiger partial charge in [0.2, 0.25) is 5.91 Å². The van der Waals surface area contributed by atoms with Gasteiger partial charge in [0.1, 0.15) is 11.5 Å². The number of carbonyl (C=O) groups is 3. The molecule has 0 bridgehead atoms. The first-order valence-corrected chi connectivity index (χ1v) is 16.5. The zero-order chi connectivity index (χ0) is 34.4. The van der Waals surface area contributed by atoms with Crippen LogP contribution in [-0.2, 0) is 19.7 Å². The minimum Gasteiger partial charge on any atom is -0.493 e. The lowest BCUT2D eigenvalue weighted by Crippen LogP contribution is -2.51. The summed E-state index contributed by atoms with van der Waals surface area (Å²) in [4.78, 5) is 47.1. The smallest absolute Gasteiger partial charge is 0.330 e. The van der Waals surface area contributed by atoms with Crippen molar-refractivity contribution >= 4 is 35.1 Å². The van der Waals surface area contributed by atoms with E-state index in [-0.39, 0.29) is 11.5 Å². The first-order valence-electron chi connectivity index (χ1n) is 16.5. The molecule has 8 rings (SSSR count). The summed E-state index contributed by atoms with van der Waals surface area (Å²) in [5.74, 6) is -1.76. The molecule has 248 valence electrons. The number of para-hydroxylation sites is 2. The predicted octanol–water partition coefficient (Wildman–Crippen LogP) is 7.01. The van der Waals surface area contributed by atoms with Gasteiger partial charge in [-0.05, 0) is 52.6 Å². The van der Waals surface area contributed by atoms with Crippen LogP contribution in [0.4, 0.5) is 11.4 Å². The number of Topliss-reactive ketones (excluding diaryl/α,β-unsaturated/α-hetero) is 1. The van der Waals surface area contributed by atoms with Crippen LogP contribution >= 0.6 is 0 Å². The fourth-order valence-corrected chi connectivity index (χ4v) is 8.03. The van der Waals surface area contributed by atoms with Gasteiger partial charge in [-0.15, -0.1) is 0 Å². The highest BCUT2D eigenvalue weighted by Crippen LogP contribution is 2.58.